The lowest BCUT2D eigenvalue weighted by Crippen LogP contribution is -2.38. The van der Waals surface area contributed by atoms with E-state index < -0.39 is 24.7 Å². The highest BCUT2D eigenvalue weighted by molar-refractivity contribution is 5.85. The van der Waals surface area contributed by atoms with Gasteiger partial charge in [0.05, 0.1) is 6.10 Å². The third-order valence-electron chi connectivity index (χ3n) is 2.19. The highest BCUT2D eigenvalue weighted by Gasteiger charge is 2.38. The molecule has 0 spiro atoms. The highest BCUT2D eigenvalue weighted by Crippen LogP contribution is 2.30. The number of para-hydroxylation sites is 1. The Balaban J connectivity index is 0.00000256. The van der Waals surface area contributed by atoms with Gasteiger partial charge in [-0.3, -0.25) is 0 Å². The summed E-state index contributed by atoms with van der Waals surface area (Å²) in [5, 5.41) is 18.8. The molecule has 2 atom stereocenters. The number of hydrogen-bond acceptors (Lipinski definition) is 3. The standard InChI is InChI=1S/C10H12F3NO2.ClH/c11-10(12,13)9(14)5-8(16)6-3-1-2-4-7(6)15;/h1-4,8-9,15-16H,5,14H2;1H/t8-,9+;/m0./s1. The molecule has 0 unspecified atom stereocenters. The number of aliphatic hydroxyl groups excluding tert-OH is 1. The minimum atomic E-state index is -4.55. The molecular formula is C10H13ClF3NO2. The maximum atomic E-state index is 12.1. The fourth-order valence-corrected chi connectivity index (χ4v) is 1.27. The fraction of sp³-hybridized carbons (Fsp3) is 0.400. The van der Waals surface area contributed by atoms with E-state index in [0.29, 0.717) is 0 Å². The van der Waals surface area contributed by atoms with E-state index in [0.717, 1.165) is 0 Å². The Morgan fingerprint density at radius 1 is 1.24 bits per heavy atom. The van der Waals surface area contributed by atoms with Crippen LogP contribution < -0.4 is 5.73 Å². The van der Waals surface area contributed by atoms with Crippen LogP contribution in [0.3, 0.4) is 0 Å². The van der Waals surface area contributed by atoms with Crippen LogP contribution in [0, 0.1) is 0 Å². The molecule has 0 aliphatic heterocycles. The summed E-state index contributed by atoms with van der Waals surface area (Å²) in [7, 11) is 0. The van der Waals surface area contributed by atoms with Crippen molar-refractivity contribution in [2.24, 2.45) is 5.73 Å². The van der Waals surface area contributed by atoms with Crippen molar-refractivity contribution < 1.29 is 23.4 Å². The Labute approximate surface area is 102 Å². The van der Waals surface area contributed by atoms with Crippen LogP contribution in [0.5, 0.6) is 5.75 Å². The number of phenolic OH excluding ortho intramolecular Hbond substituents is 1. The molecule has 0 saturated heterocycles. The molecule has 17 heavy (non-hydrogen) atoms. The average Bonchev–Trinajstić information content (AvgIpc) is 2.16. The fourth-order valence-electron chi connectivity index (χ4n) is 1.27. The summed E-state index contributed by atoms with van der Waals surface area (Å²) in [4.78, 5) is 0. The van der Waals surface area contributed by atoms with Gasteiger partial charge in [0, 0.05) is 12.0 Å². The van der Waals surface area contributed by atoms with Crippen molar-refractivity contribution in [1.82, 2.24) is 0 Å². The summed E-state index contributed by atoms with van der Waals surface area (Å²) in [6.07, 6.45) is -6.66. The number of benzene rings is 1. The molecule has 1 aromatic rings. The van der Waals surface area contributed by atoms with Gasteiger partial charge < -0.3 is 15.9 Å². The summed E-state index contributed by atoms with van der Waals surface area (Å²) < 4.78 is 36.4. The first-order chi connectivity index (χ1) is 7.32. The smallest absolute Gasteiger partial charge is 0.403 e. The van der Waals surface area contributed by atoms with Crippen LogP contribution in [0.4, 0.5) is 13.2 Å². The predicted molar refractivity (Wildman–Crippen MR) is 59.0 cm³/mol. The number of aliphatic hydroxyl groups is 1. The van der Waals surface area contributed by atoms with Crippen LogP contribution in [0.25, 0.3) is 0 Å². The second-order valence-corrected chi connectivity index (χ2v) is 3.46. The molecule has 1 aromatic carbocycles. The van der Waals surface area contributed by atoms with E-state index in [4.69, 9.17) is 5.73 Å². The lowest BCUT2D eigenvalue weighted by atomic mass is 10.0. The molecule has 98 valence electrons. The van der Waals surface area contributed by atoms with Gasteiger partial charge in [-0.15, -0.1) is 12.4 Å². The molecular weight excluding hydrogens is 259 g/mol. The first-order valence-corrected chi connectivity index (χ1v) is 4.60. The summed E-state index contributed by atoms with van der Waals surface area (Å²) in [5.41, 5.74) is 4.92. The second-order valence-electron chi connectivity index (χ2n) is 3.46. The van der Waals surface area contributed by atoms with E-state index in [1.165, 1.54) is 24.3 Å². The molecule has 0 heterocycles. The quantitative estimate of drug-likeness (QED) is 0.789. The Kier molecular flexibility index (Phi) is 5.74. The Morgan fingerprint density at radius 2 is 1.76 bits per heavy atom. The number of hydrogen-bond donors (Lipinski definition) is 3. The summed E-state index contributed by atoms with van der Waals surface area (Å²) in [5.74, 6) is -0.246. The Hall–Kier alpha value is -0.980. The molecule has 0 aliphatic rings. The number of alkyl halides is 3. The van der Waals surface area contributed by atoms with Gasteiger partial charge in [0.25, 0.3) is 0 Å². The van der Waals surface area contributed by atoms with E-state index in [2.05, 4.69) is 0 Å². The summed E-state index contributed by atoms with van der Waals surface area (Å²) >= 11 is 0. The molecule has 0 bridgehead atoms. The molecule has 0 amide bonds. The van der Waals surface area contributed by atoms with Gasteiger partial charge in [-0.25, -0.2) is 0 Å². The average molecular weight is 272 g/mol. The minimum Gasteiger partial charge on any atom is -0.508 e. The second kappa shape index (κ2) is 6.09. The molecule has 7 heteroatoms. The zero-order chi connectivity index (χ0) is 12.3. The molecule has 3 nitrogen and oxygen atoms in total. The van der Waals surface area contributed by atoms with Crippen LogP contribution in [-0.2, 0) is 0 Å². The summed E-state index contributed by atoms with van der Waals surface area (Å²) in [6, 6.07) is 3.55. The van der Waals surface area contributed by atoms with Gasteiger partial charge in [0.1, 0.15) is 11.8 Å². The van der Waals surface area contributed by atoms with Crippen LogP contribution in [-0.4, -0.2) is 22.4 Å². The SMILES string of the molecule is Cl.N[C@H](C[C@H](O)c1ccccc1O)C(F)(F)F. The van der Waals surface area contributed by atoms with Crippen LogP contribution in [0.2, 0.25) is 0 Å². The largest absolute Gasteiger partial charge is 0.508 e. The Morgan fingerprint density at radius 3 is 2.24 bits per heavy atom. The molecule has 1 rings (SSSR count). The first-order valence-electron chi connectivity index (χ1n) is 4.60. The number of aromatic hydroxyl groups is 1. The maximum absolute atomic E-state index is 12.1. The molecule has 0 aromatic heterocycles. The molecule has 0 saturated carbocycles. The zero-order valence-corrected chi connectivity index (χ0v) is 9.50. The van der Waals surface area contributed by atoms with Crippen molar-refractivity contribution in [3.63, 3.8) is 0 Å². The topological polar surface area (TPSA) is 66.5 Å². The van der Waals surface area contributed by atoms with Crippen LogP contribution in [0.1, 0.15) is 18.1 Å². The predicted octanol–water partition coefficient (Wildman–Crippen LogP) is 2.13. The normalized spacial score (nSPS) is 14.9. The van der Waals surface area contributed by atoms with Crippen molar-refractivity contribution in [2.75, 3.05) is 0 Å². The zero-order valence-electron chi connectivity index (χ0n) is 8.69. The summed E-state index contributed by atoms with van der Waals surface area (Å²) in [6.45, 7) is 0. The lowest BCUT2D eigenvalue weighted by molar-refractivity contribution is -0.153. The third-order valence-corrected chi connectivity index (χ3v) is 2.19. The van der Waals surface area contributed by atoms with Gasteiger partial charge in [-0.2, -0.15) is 13.2 Å². The van der Waals surface area contributed by atoms with Gasteiger partial charge in [0.2, 0.25) is 0 Å². The van der Waals surface area contributed by atoms with Gasteiger partial charge >= 0.3 is 6.18 Å². The van der Waals surface area contributed by atoms with Crippen LogP contribution in [0.15, 0.2) is 24.3 Å². The highest BCUT2D eigenvalue weighted by atomic mass is 35.5. The minimum absolute atomic E-state index is 0. The number of rotatable bonds is 3. The number of nitrogens with two attached hydrogens (primary N) is 1. The van der Waals surface area contributed by atoms with Gasteiger partial charge in [-0.1, -0.05) is 18.2 Å². The molecule has 0 fully saturated rings. The van der Waals surface area contributed by atoms with E-state index in [-0.39, 0.29) is 23.7 Å². The van der Waals surface area contributed by atoms with Crippen molar-refractivity contribution in [2.45, 2.75) is 24.7 Å². The van der Waals surface area contributed by atoms with E-state index in [9.17, 15) is 23.4 Å². The number of halogens is 4. The molecule has 0 aliphatic carbocycles. The van der Waals surface area contributed by atoms with E-state index >= 15 is 0 Å². The third kappa shape index (κ3) is 4.41. The van der Waals surface area contributed by atoms with Gasteiger partial charge in [0.15, 0.2) is 0 Å². The Bertz CT molecular complexity index is 360. The van der Waals surface area contributed by atoms with Crippen molar-refractivity contribution in [3.05, 3.63) is 29.8 Å². The van der Waals surface area contributed by atoms with E-state index in [1.807, 2.05) is 0 Å². The van der Waals surface area contributed by atoms with Crippen molar-refractivity contribution in [3.8, 4) is 5.75 Å². The van der Waals surface area contributed by atoms with Crippen molar-refractivity contribution in [1.29, 1.82) is 0 Å². The van der Waals surface area contributed by atoms with Crippen LogP contribution >= 0.6 is 12.4 Å². The van der Waals surface area contributed by atoms with Gasteiger partial charge in [-0.05, 0) is 6.07 Å². The molecule has 0 radical (unpaired) electrons. The lowest BCUT2D eigenvalue weighted by Gasteiger charge is -2.19. The molecule has 4 N–H and O–H groups in total. The first kappa shape index (κ1) is 16.0. The monoisotopic (exact) mass is 271 g/mol. The maximum Gasteiger partial charge on any atom is 0.403 e. The number of phenols is 1. The van der Waals surface area contributed by atoms with E-state index in [1.54, 1.807) is 0 Å². The van der Waals surface area contributed by atoms with Crippen molar-refractivity contribution >= 4 is 12.4 Å².